The molecule has 1 aliphatic heterocycles. The molecule has 1 aliphatic rings. The quantitative estimate of drug-likeness (QED) is 0.840. The third-order valence-corrected chi connectivity index (χ3v) is 3.19. The van der Waals surface area contributed by atoms with E-state index >= 15 is 0 Å². The Kier molecular flexibility index (Phi) is 4.74. The van der Waals surface area contributed by atoms with Crippen LogP contribution in [0.15, 0.2) is 24.3 Å². The standard InChI is InChI=1S/C14H19FN2O2/c1-2-19-14(18)17-8-6-16(7-9-17)11-12-4-3-5-13(15)10-12/h3-5,10H,2,6-9,11H2,1H3. The summed E-state index contributed by atoms with van der Waals surface area (Å²) in [5, 5.41) is 0. The van der Waals surface area contributed by atoms with Gasteiger partial charge in [0.1, 0.15) is 5.82 Å². The molecule has 1 amide bonds. The molecule has 1 saturated heterocycles. The van der Waals surface area contributed by atoms with Crippen molar-refractivity contribution in [3.8, 4) is 0 Å². The fraction of sp³-hybridized carbons (Fsp3) is 0.500. The van der Waals surface area contributed by atoms with Crippen LogP contribution >= 0.6 is 0 Å². The van der Waals surface area contributed by atoms with Gasteiger partial charge in [-0.25, -0.2) is 9.18 Å². The van der Waals surface area contributed by atoms with Gasteiger partial charge in [0.25, 0.3) is 0 Å². The summed E-state index contributed by atoms with van der Waals surface area (Å²) in [4.78, 5) is 15.5. The number of piperazine rings is 1. The number of nitrogens with zero attached hydrogens (tertiary/aromatic N) is 2. The molecule has 0 spiro atoms. The number of halogens is 1. The fourth-order valence-corrected chi connectivity index (χ4v) is 2.20. The molecule has 0 atom stereocenters. The second kappa shape index (κ2) is 6.52. The summed E-state index contributed by atoms with van der Waals surface area (Å²) in [6.07, 6.45) is -0.243. The number of benzene rings is 1. The molecule has 0 N–H and O–H groups in total. The maximum Gasteiger partial charge on any atom is 0.409 e. The SMILES string of the molecule is CCOC(=O)N1CCN(Cc2cccc(F)c2)CC1. The number of ether oxygens (including phenoxy) is 1. The van der Waals surface area contributed by atoms with Crippen molar-refractivity contribution in [3.05, 3.63) is 35.6 Å². The molecule has 0 aliphatic carbocycles. The Hall–Kier alpha value is -1.62. The number of carbonyl (C=O) groups is 1. The monoisotopic (exact) mass is 266 g/mol. The zero-order chi connectivity index (χ0) is 13.7. The topological polar surface area (TPSA) is 32.8 Å². The van der Waals surface area contributed by atoms with Crippen molar-refractivity contribution >= 4 is 6.09 Å². The molecule has 0 saturated carbocycles. The van der Waals surface area contributed by atoms with E-state index in [2.05, 4.69) is 4.90 Å². The van der Waals surface area contributed by atoms with Gasteiger partial charge in [-0.1, -0.05) is 12.1 Å². The molecule has 1 aromatic carbocycles. The highest BCUT2D eigenvalue weighted by Gasteiger charge is 2.21. The van der Waals surface area contributed by atoms with E-state index in [0.717, 1.165) is 18.7 Å². The zero-order valence-corrected chi connectivity index (χ0v) is 11.1. The van der Waals surface area contributed by atoms with Gasteiger partial charge in [-0.2, -0.15) is 0 Å². The van der Waals surface area contributed by atoms with Gasteiger partial charge in [0, 0.05) is 32.7 Å². The van der Waals surface area contributed by atoms with E-state index in [4.69, 9.17) is 4.74 Å². The van der Waals surface area contributed by atoms with Gasteiger partial charge >= 0.3 is 6.09 Å². The first kappa shape index (κ1) is 13.8. The van der Waals surface area contributed by atoms with Gasteiger partial charge in [0.05, 0.1) is 6.61 Å². The Balaban J connectivity index is 1.82. The number of hydrogen-bond donors (Lipinski definition) is 0. The summed E-state index contributed by atoms with van der Waals surface area (Å²) < 4.78 is 18.1. The molecule has 0 bridgehead atoms. The maximum atomic E-state index is 13.1. The van der Waals surface area contributed by atoms with Gasteiger partial charge < -0.3 is 9.64 Å². The van der Waals surface area contributed by atoms with E-state index in [0.29, 0.717) is 26.2 Å². The summed E-state index contributed by atoms with van der Waals surface area (Å²) in [6.45, 7) is 5.82. The summed E-state index contributed by atoms with van der Waals surface area (Å²) >= 11 is 0. The minimum Gasteiger partial charge on any atom is -0.450 e. The molecular formula is C14H19FN2O2. The number of rotatable bonds is 3. The molecule has 1 heterocycles. The van der Waals surface area contributed by atoms with Gasteiger partial charge in [-0.3, -0.25) is 4.90 Å². The van der Waals surface area contributed by atoms with Gasteiger partial charge in [-0.15, -0.1) is 0 Å². The lowest BCUT2D eigenvalue weighted by molar-refractivity contribution is 0.0778. The summed E-state index contributed by atoms with van der Waals surface area (Å²) in [5.74, 6) is -0.206. The Labute approximate surface area is 112 Å². The van der Waals surface area contributed by atoms with Gasteiger partial charge in [-0.05, 0) is 24.6 Å². The van der Waals surface area contributed by atoms with E-state index < -0.39 is 0 Å². The number of carbonyl (C=O) groups excluding carboxylic acids is 1. The molecular weight excluding hydrogens is 247 g/mol. The highest BCUT2D eigenvalue weighted by Crippen LogP contribution is 2.10. The molecule has 5 heteroatoms. The average molecular weight is 266 g/mol. The van der Waals surface area contributed by atoms with Crippen molar-refractivity contribution in [3.63, 3.8) is 0 Å². The first-order chi connectivity index (χ1) is 9.19. The van der Waals surface area contributed by atoms with E-state index in [1.807, 2.05) is 6.07 Å². The van der Waals surface area contributed by atoms with Crippen molar-refractivity contribution in [1.82, 2.24) is 9.80 Å². The van der Waals surface area contributed by atoms with E-state index in [1.54, 1.807) is 24.0 Å². The van der Waals surface area contributed by atoms with Crippen LogP contribution < -0.4 is 0 Å². The highest BCUT2D eigenvalue weighted by molar-refractivity contribution is 5.67. The Bertz CT molecular complexity index is 431. The minimum atomic E-state index is -0.243. The van der Waals surface area contributed by atoms with Crippen LogP contribution in [0.25, 0.3) is 0 Å². The third kappa shape index (κ3) is 3.92. The van der Waals surface area contributed by atoms with E-state index in [1.165, 1.54) is 6.07 Å². The summed E-state index contributed by atoms with van der Waals surface area (Å²) in [7, 11) is 0. The van der Waals surface area contributed by atoms with Crippen molar-refractivity contribution < 1.29 is 13.9 Å². The number of hydrogen-bond acceptors (Lipinski definition) is 3. The van der Waals surface area contributed by atoms with Crippen LogP contribution in [-0.2, 0) is 11.3 Å². The largest absolute Gasteiger partial charge is 0.450 e. The smallest absolute Gasteiger partial charge is 0.409 e. The predicted molar refractivity (Wildman–Crippen MR) is 70.3 cm³/mol. The van der Waals surface area contributed by atoms with Crippen LogP contribution in [0.5, 0.6) is 0 Å². The fourth-order valence-electron chi connectivity index (χ4n) is 2.20. The minimum absolute atomic E-state index is 0.206. The summed E-state index contributed by atoms with van der Waals surface area (Å²) in [6, 6.07) is 6.64. The molecule has 1 fully saturated rings. The molecule has 0 unspecified atom stereocenters. The van der Waals surface area contributed by atoms with Crippen molar-refractivity contribution in [2.45, 2.75) is 13.5 Å². The predicted octanol–water partition coefficient (Wildman–Crippen LogP) is 2.10. The van der Waals surface area contributed by atoms with Crippen LogP contribution in [0, 0.1) is 5.82 Å². The number of amides is 1. The third-order valence-electron chi connectivity index (χ3n) is 3.19. The molecule has 2 rings (SSSR count). The van der Waals surface area contributed by atoms with Gasteiger partial charge in [0.2, 0.25) is 0 Å². The molecule has 1 aromatic rings. The van der Waals surface area contributed by atoms with Gasteiger partial charge in [0.15, 0.2) is 0 Å². The lowest BCUT2D eigenvalue weighted by atomic mass is 10.2. The lowest BCUT2D eigenvalue weighted by Gasteiger charge is -2.34. The summed E-state index contributed by atoms with van der Waals surface area (Å²) in [5.41, 5.74) is 0.963. The second-order valence-electron chi connectivity index (χ2n) is 4.59. The Morgan fingerprint density at radius 3 is 2.68 bits per heavy atom. The van der Waals surface area contributed by atoms with Crippen molar-refractivity contribution in [2.24, 2.45) is 0 Å². The highest BCUT2D eigenvalue weighted by atomic mass is 19.1. The van der Waals surface area contributed by atoms with Crippen molar-refractivity contribution in [2.75, 3.05) is 32.8 Å². The average Bonchev–Trinajstić information content (AvgIpc) is 2.40. The molecule has 104 valence electrons. The van der Waals surface area contributed by atoms with Crippen LogP contribution in [0.3, 0.4) is 0 Å². The van der Waals surface area contributed by atoms with Crippen LogP contribution in [0.2, 0.25) is 0 Å². The Morgan fingerprint density at radius 2 is 2.05 bits per heavy atom. The van der Waals surface area contributed by atoms with E-state index in [-0.39, 0.29) is 11.9 Å². The Morgan fingerprint density at radius 1 is 1.32 bits per heavy atom. The van der Waals surface area contributed by atoms with Crippen LogP contribution in [0.4, 0.5) is 9.18 Å². The second-order valence-corrected chi connectivity index (χ2v) is 4.59. The maximum absolute atomic E-state index is 13.1. The molecule has 19 heavy (non-hydrogen) atoms. The first-order valence-corrected chi connectivity index (χ1v) is 6.57. The van der Waals surface area contributed by atoms with Crippen LogP contribution in [-0.4, -0.2) is 48.7 Å². The zero-order valence-electron chi connectivity index (χ0n) is 11.1. The molecule has 4 nitrogen and oxygen atoms in total. The van der Waals surface area contributed by atoms with Crippen LogP contribution in [0.1, 0.15) is 12.5 Å². The first-order valence-electron chi connectivity index (χ1n) is 6.57. The van der Waals surface area contributed by atoms with Crippen molar-refractivity contribution in [1.29, 1.82) is 0 Å². The normalized spacial score (nSPS) is 16.4. The molecule has 0 radical (unpaired) electrons. The van der Waals surface area contributed by atoms with E-state index in [9.17, 15) is 9.18 Å². The molecule has 0 aromatic heterocycles. The lowest BCUT2D eigenvalue weighted by Crippen LogP contribution is -2.48.